The zero-order valence-corrected chi connectivity index (χ0v) is 15.2. The Bertz CT molecular complexity index is 902. The molecule has 152 valence electrons. The number of rotatable bonds is 6. The normalized spacial score (nSPS) is 12.4. The highest BCUT2D eigenvalue weighted by molar-refractivity contribution is 5.36. The minimum absolute atomic E-state index is 0.104. The maximum Gasteiger partial charge on any atom is 0.194 e. The Balaban J connectivity index is 2.01. The number of hydrogen-bond acceptors (Lipinski definition) is 1. The van der Waals surface area contributed by atoms with Crippen LogP contribution in [0.2, 0.25) is 0 Å². The lowest BCUT2D eigenvalue weighted by Crippen LogP contribution is -2.21. The molecule has 7 heteroatoms. The summed E-state index contributed by atoms with van der Waals surface area (Å²) in [5, 5.41) is 0. The van der Waals surface area contributed by atoms with Crippen molar-refractivity contribution in [3.63, 3.8) is 0 Å². The van der Waals surface area contributed by atoms with Crippen LogP contribution in [-0.2, 0) is 11.3 Å². The van der Waals surface area contributed by atoms with Crippen LogP contribution >= 0.6 is 0 Å². The van der Waals surface area contributed by atoms with E-state index in [4.69, 9.17) is 4.74 Å². The Labute approximate surface area is 163 Å². The first-order valence-electron chi connectivity index (χ1n) is 8.72. The van der Waals surface area contributed by atoms with Gasteiger partial charge >= 0.3 is 0 Å². The van der Waals surface area contributed by atoms with Gasteiger partial charge in [0.15, 0.2) is 34.9 Å². The van der Waals surface area contributed by atoms with Gasteiger partial charge in [0.2, 0.25) is 0 Å². The molecular weight excluding hydrogens is 394 g/mol. The van der Waals surface area contributed by atoms with Crippen LogP contribution in [-0.4, -0.2) is 6.10 Å². The lowest BCUT2D eigenvalue weighted by atomic mass is 9.86. The molecule has 3 rings (SSSR count). The van der Waals surface area contributed by atoms with Crippen LogP contribution in [0.25, 0.3) is 0 Å². The fraction of sp³-hybridized carbons (Fsp3) is 0.182. The van der Waals surface area contributed by atoms with Crippen molar-refractivity contribution in [2.45, 2.75) is 25.6 Å². The van der Waals surface area contributed by atoms with Crippen molar-refractivity contribution in [1.82, 2.24) is 0 Å². The minimum atomic E-state index is -1.66. The van der Waals surface area contributed by atoms with Gasteiger partial charge in [-0.2, -0.15) is 0 Å². The number of ether oxygens (including phenoxy) is 1. The van der Waals surface area contributed by atoms with E-state index >= 15 is 0 Å². The van der Waals surface area contributed by atoms with Crippen molar-refractivity contribution in [2.75, 3.05) is 0 Å². The average Bonchev–Trinajstić information content (AvgIpc) is 2.69. The van der Waals surface area contributed by atoms with Crippen LogP contribution in [0.15, 0.2) is 54.6 Å². The quantitative estimate of drug-likeness (QED) is 0.344. The highest BCUT2D eigenvalue weighted by atomic mass is 19.2. The van der Waals surface area contributed by atoms with Gasteiger partial charge in [-0.25, -0.2) is 26.3 Å². The van der Waals surface area contributed by atoms with Crippen molar-refractivity contribution in [3.8, 4) is 0 Å². The molecule has 0 fully saturated rings. The van der Waals surface area contributed by atoms with Crippen molar-refractivity contribution < 1.29 is 31.1 Å². The lowest BCUT2D eigenvalue weighted by molar-refractivity contribution is 0.0422. The van der Waals surface area contributed by atoms with Gasteiger partial charge in [0.25, 0.3) is 0 Å². The number of benzene rings is 3. The van der Waals surface area contributed by atoms with E-state index in [1.54, 1.807) is 24.3 Å². The summed E-state index contributed by atoms with van der Waals surface area (Å²) in [6, 6.07) is 11.9. The highest BCUT2D eigenvalue weighted by Crippen LogP contribution is 2.33. The molecule has 29 heavy (non-hydrogen) atoms. The molecule has 1 nitrogen and oxygen atoms in total. The Kier molecular flexibility index (Phi) is 6.27. The van der Waals surface area contributed by atoms with E-state index in [-0.39, 0.29) is 17.7 Å². The van der Waals surface area contributed by atoms with Gasteiger partial charge in [-0.1, -0.05) is 30.3 Å². The largest absolute Gasteiger partial charge is 0.373 e. The fourth-order valence-corrected chi connectivity index (χ4v) is 3.14. The van der Waals surface area contributed by atoms with Crippen molar-refractivity contribution >= 4 is 0 Å². The molecule has 0 saturated heterocycles. The van der Waals surface area contributed by atoms with Crippen molar-refractivity contribution in [2.24, 2.45) is 0 Å². The Morgan fingerprint density at radius 3 is 1.52 bits per heavy atom. The van der Waals surface area contributed by atoms with Crippen LogP contribution in [0, 0.1) is 34.9 Å². The summed E-state index contributed by atoms with van der Waals surface area (Å²) in [5.74, 6) is -10.2. The third kappa shape index (κ3) is 4.62. The highest BCUT2D eigenvalue weighted by Gasteiger charge is 2.27. The summed E-state index contributed by atoms with van der Waals surface area (Å²) in [6.45, 7) is 1.64. The zero-order valence-electron chi connectivity index (χ0n) is 15.2. The van der Waals surface area contributed by atoms with E-state index in [9.17, 15) is 26.3 Å². The molecule has 0 saturated carbocycles. The molecule has 0 amide bonds. The maximum atomic E-state index is 13.8. The first kappa shape index (κ1) is 20.9. The van der Waals surface area contributed by atoms with E-state index in [0.29, 0.717) is 0 Å². The molecule has 0 heterocycles. The number of halogens is 6. The maximum absolute atomic E-state index is 13.8. The molecule has 0 bridgehead atoms. The van der Waals surface area contributed by atoms with Gasteiger partial charge in [0.05, 0.1) is 12.7 Å². The molecule has 1 atom stereocenters. The standard InChI is InChI=1S/C22H16F6O/c1-12(29-11-13-5-3-2-4-6-13)20(14-7-16(23)21(27)17(24)8-14)15-9-18(25)22(28)19(26)10-15/h2-10,12,20H,11H2,1H3. The second-order valence-electron chi connectivity index (χ2n) is 6.58. The van der Waals surface area contributed by atoms with Crippen LogP contribution in [0.4, 0.5) is 26.3 Å². The Morgan fingerprint density at radius 1 is 0.690 bits per heavy atom. The predicted molar refractivity (Wildman–Crippen MR) is 95.2 cm³/mol. The van der Waals surface area contributed by atoms with Crippen LogP contribution in [0.5, 0.6) is 0 Å². The summed E-state index contributed by atoms with van der Waals surface area (Å²) in [7, 11) is 0. The van der Waals surface area contributed by atoms with Crippen LogP contribution < -0.4 is 0 Å². The topological polar surface area (TPSA) is 9.23 Å². The molecular formula is C22H16F6O. The van der Waals surface area contributed by atoms with Crippen LogP contribution in [0.1, 0.15) is 29.5 Å². The van der Waals surface area contributed by atoms with Gasteiger partial charge in [0, 0.05) is 5.92 Å². The minimum Gasteiger partial charge on any atom is -0.373 e. The molecule has 0 spiro atoms. The molecule has 0 aliphatic carbocycles. The molecule has 0 aliphatic heterocycles. The van der Waals surface area contributed by atoms with Gasteiger partial charge < -0.3 is 4.74 Å². The number of hydrogen-bond donors (Lipinski definition) is 0. The van der Waals surface area contributed by atoms with Crippen molar-refractivity contribution in [1.29, 1.82) is 0 Å². The average molecular weight is 410 g/mol. The zero-order chi connectivity index (χ0) is 21.1. The smallest absolute Gasteiger partial charge is 0.194 e. The monoisotopic (exact) mass is 410 g/mol. The third-order valence-electron chi connectivity index (χ3n) is 4.56. The summed E-state index contributed by atoms with van der Waals surface area (Å²) >= 11 is 0. The van der Waals surface area contributed by atoms with Crippen molar-refractivity contribution in [3.05, 3.63) is 106 Å². The SMILES string of the molecule is CC(OCc1ccccc1)C(c1cc(F)c(F)c(F)c1)c1cc(F)c(F)c(F)c1. The van der Waals surface area contributed by atoms with Crippen LogP contribution in [0.3, 0.4) is 0 Å². The molecule has 0 aromatic heterocycles. The predicted octanol–water partition coefficient (Wildman–Crippen LogP) is 6.26. The second-order valence-corrected chi connectivity index (χ2v) is 6.58. The first-order chi connectivity index (χ1) is 13.8. The second kappa shape index (κ2) is 8.69. The van der Waals surface area contributed by atoms with E-state index in [1.807, 2.05) is 6.07 Å². The Hall–Kier alpha value is -2.80. The summed E-state index contributed by atoms with van der Waals surface area (Å²) in [5.41, 5.74) is 0.589. The molecule has 0 N–H and O–H groups in total. The van der Waals surface area contributed by atoms with Gasteiger partial charge in [0.1, 0.15) is 0 Å². The fourth-order valence-electron chi connectivity index (χ4n) is 3.14. The summed E-state index contributed by atoms with van der Waals surface area (Å²) < 4.78 is 87.7. The van der Waals surface area contributed by atoms with E-state index in [1.165, 1.54) is 6.92 Å². The molecule has 1 unspecified atom stereocenters. The molecule has 3 aromatic rings. The molecule has 0 radical (unpaired) electrons. The van der Waals surface area contributed by atoms with E-state index < -0.39 is 46.9 Å². The third-order valence-corrected chi connectivity index (χ3v) is 4.56. The van der Waals surface area contributed by atoms with E-state index in [2.05, 4.69) is 0 Å². The van der Waals surface area contributed by atoms with Gasteiger partial charge in [-0.05, 0) is 47.9 Å². The lowest BCUT2D eigenvalue weighted by Gasteiger charge is -2.26. The summed E-state index contributed by atoms with van der Waals surface area (Å²) in [6.07, 6.45) is -0.844. The summed E-state index contributed by atoms with van der Waals surface area (Å²) in [4.78, 5) is 0. The van der Waals surface area contributed by atoms with E-state index in [0.717, 1.165) is 29.8 Å². The Morgan fingerprint density at radius 2 is 1.10 bits per heavy atom. The van der Waals surface area contributed by atoms with Gasteiger partial charge in [-0.15, -0.1) is 0 Å². The van der Waals surface area contributed by atoms with Gasteiger partial charge in [-0.3, -0.25) is 0 Å². The first-order valence-corrected chi connectivity index (χ1v) is 8.72. The molecule has 0 aliphatic rings. The molecule has 3 aromatic carbocycles.